The van der Waals surface area contributed by atoms with Crippen molar-refractivity contribution in [2.75, 3.05) is 6.54 Å². The van der Waals surface area contributed by atoms with Crippen molar-refractivity contribution in [1.82, 2.24) is 4.90 Å². The number of carbonyl (C=O) groups is 2. The lowest BCUT2D eigenvalue weighted by atomic mass is 9.86. The minimum atomic E-state index is -0.938. The highest BCUT2D eigenvalue weighted by molar-refractivity contribution is 5.87. The van der Waals surface area contributed by atoms with Crippen LogP contribution in [0.25, 0.3) is 0 Å². The zero-order valence-electron chi connectivity index (χ0n) is 10.1. The fraction of sp³-hybridized carbons (Fsp3) is 0.818. The topological polar surface area (TPSA) is 83.6 Å². The first-order valence-electron chi connectivity index (χ1n) is 5.54. The van der Waals surface area contributed by atoms with Crippen molar-refractivity contribution in [3.05, 3.63) is 0 Å². The summed E-state index contributed by atoms with van der Waals surface area (Å²) >= 11 is 0. The van der Waals surface area contributed by atoms with Crippen LogP contribution in [-0.2, 0) is 9.59 Å². The van der Waals surface area contributed by atoms with E-state index in [1.165, 1.54) is 4.90 Å². The molecular weight excluding hydrogens is 208 g/mol. The normalized spacial score (nSPS) is 23.2. The van der Waals surface area contributed by atoms with Gasteiger partial charge in [-0.25, -0.2) is 4.79 Å². The third kappa shape index (κ3) is 2.52. The molecule has 5 nitrogen and oxygen atoms in total. The van der Waals surface area contributed by atoms with E-state index in [1.54, 1.807) is 0 Å². The van der Waals surface area contributed by atoms with Crippen LogP contribution >= 0.6 is 0 Å². The van der Waals surface area contributed by atoms with Crippen molar-refractivity contribution in [2.24, 2.45) is 11.1 Å². The molecule has 1 fully saturated rings. The van der Waals surface area contributed by atoms with Crippen molar-refractivity contribution in [2.45, 2.75) is 45.7 Å². The van der Waals surface area contributed by atoms with Crippen LogP contribution in [0.5, 0.6) is 0 Å². The van der Waals surface area contributed by atoms with Crippen molar-refractivity contribution in [3.8, 4) is 0 Å². The molecule has 1 rings (SSSR count). The number of hydrogen-bond acceptors (Lipinski definition) is 3. The minimum absolute atomic E-state index is 0.252. The Morgan fingerprint density at radius 1 is 1.44 bits per heavy atom. The highest BCUT2D eigenvalue weighted by Crippen LogP contribution is 2.24. The van der Waals surface area contributed by atoms with Gasteiger partial charge >= 0.3 is 5.97 Å². The van der Waals surface area contributed by atoms with E-state index in [4.69, 9.17) is 10.8 Å². The number of carbonyl (C=O) groups excluding carboxylic acids is 1. The van der Waals surface area contributed by atoms with Crippen LogP contribution in [0.4, 0.5) is 0 Å². The molecule has 0 spiro atoms. The van der Waals surface area contributed by atoms with Crippen LogP contribution in [0.1, 0.15) is 33.6 Å². The third-order valence-electron chi connectivity index (χ3n) is 3.02. The number of nitrogens with zero attached hydrogens (tertiary/aromatic N) is 1. The molecule has 0 bridgehead atoms. The van der Waals surface area contributed by atoms with Gasteiger partial charge in [0, 0.05) is 6.54 Å². The fourth-order valence-electron chi connectivity index (χ4n) is 1.84. The summed E-state index contributed by atoms with van der Waals surface area (Å²) in [5.74, 6) is -1.19. The molecule has 2 atom stereocenters. The molecule has 0 aromatic rings. The van der Waals surface area contributed by atoms with Crippen LogP contribution in [-0.4, -0.2) is 40.5 Å². The molecular formula is C11H20N2O3. The van der Waals surface area contributed by atoms with E-state index in [0.29, 0.717) is 13.0 Å². The van der Waals surface area contributed by atoms with Crippen LogP contribution < -0.4 is 5.73 Å². The van der Waals surface area contributed by atoms with E-state index in [-0.39, 0.29) is 11.3 Å². The summed E-state index contributed by atoms with van der Waals surface area (Å²) in [5.41, 5.74) is 5.51. The number of likely N-dealkylation sites (tertiary alicyclic amines) is 1. The van der Waals surface area contributed by atoms with E-state index in [9.17, 15) is 9.59 Å². The zero-order valence-corrected chi connectivity index (χ0v) is 10.1. The average molecular weight is 228 g/mol. The van der Waals surface area contributed by atoms with Crippen molar-refractivity contribution in [1.29, 1.82) is 0 Å². The Bertz CT molecular complexity index is 296. The SMILES string of the molecule is CC(C)(C)C(N)C(=O)N1CCCC1C(=O)O. The van der Waals surface area contributed by atoms with Gasteiger partial charge in [-0.2, -0.15) is 0 Å². The predicted octanol–water partition coefficient (Wildman–Crippen LogP) is 0.435. The van der Waals surface area contributed by atoms with Gasteiger partial charge in [-0.1, -0.05) is 20.8 Å². The number of hydrogen-bond donors (Lipinski definition) is 2. The number of aliphatic carboxylic acids is 1. The lowest BCUT2D eigenvalue weighted by Gasteiger charge is -2.31. The van der Waals surface area contributed by atoms with Gasteiger partial charge in [-0.15, -0.1) is 0 Å². The van der Waals surface area contributed by atoms with E-state index in [1.807, 2.05) is 20.8 Å². The molecule has 2 unspecified atom stereocenters. The molecule has 1 aliphatic rings. The smallest absolute Gasteiger partial charge is 0.326 e. The molecule has 1 heterocycles. The van der Waals surface area contributed by atoms with Gasteiger partial charge in [0.1, 0.15) is 6.04 Å². The quantitative estimate of drug-likeness (QED) is 0.718. The lowest BCUT2D eigenvalue weighted by Crippen LogP contribution is -2.53. The molecule has 0 aliphatic carbocycles. The van der Waals surface area contributed by atoms with Gasteiger partial charge < -0.3 is 15.7 Å². The van der Waals surface area contributed by atoms with Gasteiger partial charge in [-0.05, 0) is 18.3 Å². The molecule has 16 heavy (non-hydrogen) atoms. The fourth-order valence-corrected chi connectivity index (χ4v) is 1.84. The summed E-state index contributed by atoms with van der Waals surface area (Å²) in [6.07, 6.45) is 1.26. The predicted molar refractivity (Wildman–Crippen MR) is 59.8 cm³/mol. The van der Waals surface area contributed by atoms with Gasteiger partial charge in [-0.3, -0.25) is 4.79 Å². The Hall–Kier alpha value is -1.10. The van der Waals surface area contributed by atoms with Crippen molar-refractivity contribution < 1.29 is 14.7 Å². The summed E-state index contributed by atoms with van der Waals surface area (Å²) in [6.45, 7) is 6.13. The minimum Gasteiger partial charge on any atom is -0.480 e. The lowest BCUT2D eigenvalue weighted by molar-refractivity contribution is -0.149. The summed E-state index contributed by atoms with van der Waals surface area (Å²) in [4.78, 5) is 24.4. The Kier molecular flexibility index (Phi) is 3.57. The molecule has 1 aliphatic heterocycles. The van der Waals surface area contributed by atoms with Gasteiger partial charge in [0.25, 0.3) is 0 Å². The van der Waals surface area contributed by atoms with Gasteiger partial charge in [0.15, 0.2) is 0 Å². The van der Waals surface area contributed by atoms with Gasteiger partial charge in [0.2, 0.25) is 5.91 Å². The Morgan fingerprint density at radius 3 is 2.44 bits per heavy atom. The average Bonchev–Trinajstić information content (AvgIpc) is 2.62. The summed E-state index contributed by atoms with van der Waals surface area (Å²) in [6, 6.07) is -1.34. The number of nitrogens with two attached hydrogens (primary N) is 1. The number of amides is 1. The van der Waals surface area contributed by atoms with Crippen LogP contribution in [0, 0.1) is 5.41 Å². The number of carboxylic acids is 1. The molecule has 0 aromatic heterocycles. The van der Waals surface area contributed by atoms with E-state index in [0.717, 1.165) is 6.42 Å². The maximum absolute atomic E-state index is 12.0. The maximum atomic E-state index is 12.0. The highest BCUT2D eigenvalue weighted by Gasteiger charge is 2.39. The highest BCUT2D eigenvalue weighted by atomic mass is 16.4. The second-order valence-electron chi connectivity index (χ2n) is 5.37. The molecule has 5 heteroatoms. The zero-order chi connectivity index (χ0) is 12.5. The molecule has 1 amide bonds. The van der Waals surface area contributed by atoms with E-state index >= 15 is 0 Å². The Labute approximate surface area is 95.6 Å². The molecule has 3 N–H and O–H groups in total. The molecule has 1 saturated heterocycles. The Morgan fingerprint density at radius 2 is 2.00 bits per heavy atom. The van der Waals surface area contributed by atoms with Crippen molar-refractivity contribution >= 4 is 11.9 Å². The van der Waals surface area contributed by atoms with Crippen LogP contribution in [0.2, 0.25) is 0 Å². The monoisotopic (exact) mass is 228 g/mol. The van der Waals surface area contributed by atoms with E-state index in [2.05, 4.69) is 0 Å². The standard InChI is InChI=1S/C11H20N2O3/c1-11(2,3)8(12)9(14)13-6-4-5-7(13)10(15)16/h7-8H,4-6,12H2,1-3H3,(H,15,16). The third-order valence-corrected chi connectivity index (χ3v) is 3.02. The molecule has 0 radical (unpaired) electrons. The second-order valence-corrected chi connectivity index (χ2v) is 5.37. The first-order chi connectivity index (χ1) is 7.25. The van der Waals surface area contributed by atoms with Crippen LogP contribution in [0.15, 0.2) is 0 Å². The molecule has 0 aromatic carbocycles. The van der Waals surface area contributed by atoms with E-state index < -0.39 is 18.1 Å². The van der Waals surface area contributed by atoms with Crippen LogP contribution in [0.3, 0.4) is 0 Å². The first-order valence-corrected chi connectivity index (χ1v) is 5.54. The maximum Gasteiger partial charge on any atom is 0.326 e. The number of rotatable bonds is 2. The largest absolute Gasteiger partial charge is 0.480 e. The summed E-state index contributed by atoms with van der Waals surface area (Å²) in [5, 5.41) is 8.98. The second kappa shape index (κ2) is 4.41. The first kappa shape index (κ1) is 13.0. The Balaban J connectivity index is 2.77. The summed E-state index contributed by atoms with van der Waals surface area (Å²) in [7, 11) is 0. The molecule has 0 saturated carbocycles. The van der Waals surface area contributed by atoms with Crippen molar-refractivity contribution in [3.63, 3.8) is 0 Å². The summed E-state index contributed by atoms with van der Waals surface area (Å²) < 4.78 is 0. The number of carboxylic acid groups (broad SMARTS) is 1. The molecule has 92 valence electrons. The van der Waals surface area contributed by atoms with Gasteiger partial charge in [0.05, 0.1) is 6.04 Å².